The Morgan fingerprint density at radius 1 is 1.36 bits per heavy atom. The monoisotopic (exact) mass is 195 g/mol. The third-order valence-corrected chi connectivity index (χ3v) is 2.09. The van der Waals surface area contributed by atoms with Gasteiger partial charge in [-0.2, -0.15) is 0 Å². The fourth-order valence-corrected chi connectivity index (χ4v) is 1.40. The summed E-state index contributed by atoms with van der Waals surface area (Å²) in [5, 5.41) is 9.88. The first-order chi connectivity index (χ1) is 6.74. The molecule has 1 aromatic heterocycles. The fraction of sp³-hybridized carbons (Fsp3) is 0.100. The minimum absolute atomic E-state index is 0.0481. The highest BCUT2D eigenvalue weighted by atomic mass is 19.2. The molecule has 2 aromatic rings. The first-order valence-electron chi connectivity index (χ1n) is 4.05. The molecule has 0 unspecified atom stereocenters. The van der Waals surface area contributed by atoms with Crippen LogP contribution in [0.4, 0.5) is 8.78 Å². The minimum atomic E-state index is -1.01. The minimum Gasteiger partial charge on any atom is -0.392 e. The first-order valence-corrected chi connectivity index (χ1v) is 4.05. The Morgan fingerprint density at radius 3 is 2.86 bits per heavy atom. The van der Waals surface area contributed by atoms with Crippen molar-refractivity contribution in [3.05, 3.63) is 41.7 Å². The van der Waals surface area contributed by atoms with Crippen LogP contribution in [0.5, 0.6) is 0 Å². The van der Waals surface area contributed by atoms with Crippen LogP contribution in [0.25, 0.3) is 10.8 Å². The van der Waals surface area contributed by atoms with E-state index < -0.39 is 18.2 Å². The van der Waals surface area contributed by atoms with Gasteiger partial charge in [-0.1, -0.05) is 0 Å². The predicted octanol–water partition coefficient (Wildman–Crippen LogP) is 2.01. The quantitative estimate of drug-likeness (QED) is 0.755. The van der Waals surface area contributed by atoms with Crippen LogP contribution in [0.1, 0.15) is 5.56 Å². The lowest BCUT2D eigenvalue weighted by molar-refractivity contribution is 0.275. The van der Waals surface area contributed by atoms with Crippen molar-refractivity contribution in [2.75, 3.05) is 0 Å². The van der Waals surface area contributed by atoms with Gasteiger partial charge >= 0.3 is 0 Å². The molecule has 1 heterocycles. The summed E-state index contributed by atoms with van der Waals surface area (Å²) in [6.45, 7) is -0.536. The summed E-state index contributed by atoms with van der Waals surface area (Å²) in [5.41, 5.74) is -0.0481. The zero-order valence-electron chi connectivity index (χ0n) is 7.17. The average Bonchev–Trinajstić information content (AvgIpc) is 2.20. The molecule has 0 radical (unpaired) electrons. The van der Waals surface area contributed by atoms with Crippen molar-refractivity contribution in [1.82, 2.24) is 4.98 Å². The van der Waals surface area contributed by atoms with E-state index in [-0.39, 0.29) is 5.56 Å². The Bertz CT molecular complexity index is 485. The molecule has 0 amide bonds. The maximum atomic E-state index is 13.2. The van der Waals surface area contributed by atoms with Crippen LogP contribution in [-0.4, -0.2) is 10.1 Å². The molecule has 0 aliphatic rings. The third kappa shape index (κ3) is 1.24. The molecule has 0 aliphatic heterocycles. The molecule has 2 rings (SSSR count). The van der Waals surface area contributed by atoms with Crippen LogP contribution >= 0.6 is 0 Å². The molecule has 0 saturated carbocycles. The van der Waals surface area contributed by atoms with Crippen molar-refractivity contribution < 1.29 is 13.9 Å². The van der Waals surface area contributed by atoms with Gasteiger partial charge in [-0.3, -0.25) is 4.98 Å². The number of nitrogens with zero attached hydrogens (tertiary/aromatic N) is 1. The van der Waals surface area contributed by atoms with E-state index in [4.69, 9.17) is 5.11 Å². The van der Waals surface area contributed by atoms with Crippen LogP contribution in [-0.2, 0) is 6.61 Å². The molecular weight excluding hydrogens is 188 g/mol. The van der Waals surface area contributed by atoms with Crippen molar-refractivity contribution >= 4 is 10.8 Å². The first kappa shape index (κ1) is 9.02. The number of rotatable bonds is 1. The molecule has 0 atom stereocenters. The number of benzene rings is 1. The number of halogens is 2. The molecule has 0 saturated heterocycles. The number of fused-ring (bicyclic) bond motifs is 1. The van der Waals surface area contributed by atoms with Gasteiger partial charge in [0.05, 0.1) is 6.61 Å². The van der Waals surface area contributed by atoms with Crippen LogP contribution < -0.4 is 0 Å². The van der Waals surface area contributed by atoms with E-state index in [1.807, 2.05) is 0 Å². The maximum absolute atomic E-state index is 13.2. The van der Waals surface area contributed by atoms with Crippen molar-refractivity contribution in [3.63, 3.8) is 0 Å². The lowest BCUT2D eigenvalue weighted by Gasteiger charge is -2.05. The SMILES string of the molecule is OCc1c(F)c(F)cc2ccncc12. The van der Waals surface area contributed by atoms with Crippen molar-refractivity contribution in [1.29, 1.82) is 0 Å². The molecule has 1 aromatic carbocycles. The van der Waals surface area contributed by atoms with Gasteiger partial charge < -0.3 is 5.11 Å². The molecular formula is C10H7F2NO. The number of aliphatic hydroxyl groups excluding tert-OH is 1. The van der Waals surface area contributed by atoms with Crippen LogP contribution in [0.2, 0.25) is 0 Å². The summed E-state index contributed by atoms with van der Waals surface area (Å²) in [6.07, 6.45) is 2.89. The smallest absolute Gasteiger partial charge is 0.165 e. The van der Waals surface area contributed by atoms with E-state index in [1.54, 1.807) is 6.07 Å². The topological polar surface area (TPSA) is 33.1 Å². The number of pyridine rings is 1. The Balaban J connectivity index is 2.89. The van der Waals surface area contributed by atoms with Gasteiger partial charge in [-0.05, 0) is 17.5 Å². The number of hydrogen-bond acceptors (Lipinski definition) is 2. The average molecular weight is 195 g/mol. The molecule has 0 fully saturated rings. The van der Waals surface area contributed by atoms with Crippen LogP contribution in [0.15, 0.2) is 24.5 Å². The lowest BCUT2D eigenvalue weighted by Crippen LogP contribution is -1.96. The Labute approximate surface area is 78.8 Å². The Hall–Kier alpha value is -1.55. The summed E-state index contributed by atoms with van der Waals surface area (Å²) in [5.74, 6) is -1.96. The summed E-state index contributed by atoms with van der Waals surface area (Å²) >= 11 is 0. The summed E-state index contributed by atoms with van der Waals surface area (Å²) in [7, 11) is 0. The maximum Gasteiger partial charge on any atom is 0.165 e. The highest BCUT2D eigenvalue weighted by molar-refractivity contribution is 5.84. The van der Waals surface area contributed by atoms with Crippen molar-refractivity contribution in [2.24, 2.45) is 0 Å². The summed E-state index contributed by atoms with van der Waals surface area (Å²) in [6, 6.07) is 2.66. The molecule has 1 N–H and O–H groups in total. The van der Waals surface area contributed by atoms with Gasteiger partial charge in [0.2, 0.25) is 0 Å². The van der Waals surface area contributed by atoms with E-state index in [0.29, 0.717) is 10.8 Å². The van der Waals surface area contributed by atoms with E-state index in [9.17, 15) is 8.78 Å². The molecule has 0 spiro atoms. The van der Waals surface area contributed by atoms with Gasteiger partial charge in [0.25, 0.3) is 0 Å². The van der Waals surface area contributed by atoms with Gasteiger partial charge in [-0.15, -0.1) is 0 Å². The second kappa shape index (κ2) is 3.31. The van der Waals surface area contributed by atoms with Crippen LogP contribution in [0.3, 0.4) is 0 Å². The van der Waals surface area contributed by atoms with Gasteiger partial charge in [0.15, 0.2) is 11.6 Å². The molecule has 14 heavy (non-hydrogen) atoms. The fourth-order valence-electron chi connectivity index (χ4n) is 1.40. The van der Waals surface area contributed by atoms with E-state index in [0.717, 1.165) is 6.07 Å². The number of aromatic nitrogens is 1. The van der Waals surface area contributed by atoms with Crippen molar-refractivity contribution in [3.8, 4) is 0 Å². The largest absolute Gasteiger partial charge is 0.392 e. The van der Waals surface area contributed by atoms with Gasteiger partial charge in [-0.25, -0.2) is 8.78 Å². The number of aliphatic hydroxyl groups is 1. The normalized spacial score (nSPS) is 10.8. The molecule has 0 bridgehead atoms. The highest BCUT2D eigenvalue weighted by Gasteiger charge is 2.12. The van der Waals surface area contributed by atoms with Gasteiger partial charge in [0, 0.05) is 23.3 Å². The highest BCUT2D eigenvalue weighted by Crippen LogP contribution is 2.23. The zero-order valence-corrected chi connectivity index (χ0v) is 7.17. The Morgan fingerprint density at radius 2 is 2.14 bits per heavy atom. The second-order valence-corrected chi connectivity index (χ2v) is 2.91. The Kier molecular flexibility index (Phi) is 2.13. The molecule has 0 aliphatic carbocycles. The van der Waals surface area contributed by atoms with E-state index >= 15 is 0 Å². The predicted molar refractivity (Wildman–Crippen MR) is 47.6 cm³/mol. The van der Waals surface area contributed by atoms with Crippen molar-refractivity contribution in [2.45, 2.75) is 6.61 Å². The van der Waals surface area contributed by atoms with Crippen LogP contribution in [0, 0.1) is 11.6 Å². The summed E-state index contributed by atoms with van der Waals surface area (Å²) < 4.78 is 26.2. The molecule has 4 heteroatoms. The zero-order chi connectivity index (χ0) is 10.1. The van der Waals surface area contributed by atoms with E-state index in [1.165, 1.54) is 12.4 Å². The molecule has 2 nitrogen and oxygen atoms in total. The van der Waals surface area contributed by atoms with Gasteiger partial charge in [0.1, 0.15) is 0 Å². The number of hydrogen-bond donors (Lipinski definition) is 1. The summed E-state index contributed by atoms with van der Waals surface area (Å²) in [4.78, 5) is 3.79. The lowest BCUT2D eigenvalue weighted by atomic mass is 10.1. The molecule has 72 valence electrons. The second-order valence-electron chi connectivity index (χ2n) is 2.91. The standard InChI is InChI=1S/C10H7F2NO/c11-9-3-6-1-2-13-4-7(6)8(5-14)10(9)12/h1-4,14H,5H2. The third-order valence-electron chi connectivity index (χ3n) is 2.09. The van der Waals surface area contributed by atoms with E-state index in [2.05, 4.69) is 4.98 Å².